The maximum atomic E-state index is 4.60. The fraction of sp³-hybridized carbons (Fsp3) is 0. The summed E-state index contributed by atoms with van der Waals surface area (Å²) in [5, 5.41) is 21.1. The number of hydrogen-bond acceptors (Lipinski definition) is 7. The highest BCUT2D eigenvalue weighted by Crippen LogP contribution is 2.28. The van der Waals surface area contributed by atoms with E-state index in [0.29, 0.717) is 16.5 Å². The lowest BCUT2D eigenvalue weighted by atomic mass is 10.1. The predicted octanol–water partition coefficient (Wildman–Crippen LogP) is 2.70. The van der Waals surface area contributed by atoms with Crippen molar-refractivity contribution in [3.63, 3.8) is 0 Å². The molecule has 0 unspecified atom stereocenters. The normalized spacial score (nSPS) is 11.2. The molecule has 4 aromatic heterocycles. The van der Waals surface area contributed by atoms with Crippen molar-refractivity contribution in [2.24, 2.45) is 0 Å². The second-order valence-electron chi connectivity index (χ2n) is 5.25. The monoisotopic (exact) mass is 346 g/mol. The third-order valence-corrected chi connectivity index (χ3v) is 4.59. The van der Waals surface area contributed by atoms with Crippen LogP contribution in [-0.4, -0.2) is 40.0 Å². The Morgan fingerprint density at radius 1 is 1.00 bits per heavy atom. The second-order valence-corrected chi connectivity index (χ2v) is 6.20. The molecule has 9 heteroatoms. The molecule has 0 radical (unpaired) electrons. The molecule has 0 atom stereocenters. The predicted molar refractivity (Wildman–Crippen MR) is 92.7 cm³/mol. The number of rotatable bonds is 3. The third kappa shape index (κ3) is 2.37. The van der Waals surface area contributed by atoms with E-state index in [1.807, 2.05) is 36.4 Å². The lowest BCUT2D eigenvalue weighted by Crippen LogP contribution is -1.93. The minimum Gasteiger partial charge on any atom is -0.275 e. The number of fused-ring (bicyclic) bond motifs is 1. The number of hydrogen-bond donors (Lipinski definition) is 1. The van der Waals surface area contributed by atoms with Gasteiger partial charge >= 0.3 is 0 Å². The van der Waals surface area contributed by atoms with E-state index in [4.69, 9.17) is 0 Å². The second kappa shape index (κ2) is 5.56. The lowest BCUT2D eigenvalue weighted by molar-refractivity contribution is 0.952. The molecule has 8 nitrogen and oxygen atoms in total. The molecule has 25 heavy (non-hydrogen) atoms. The van der Waals surface area contributed by atoms with Crippen molar-refractivity contribution < 1.29 is 0 Å². The minimum absolute atomic E-state index is 0.563. The van der Waals surface area contributed by atoms with Gasteiger partial charge in [0.15, 0.2) is 5.01 Å². The van der Waals surface area contributed by atoms with Gasteiger partial charge in [-0.3, -0.25) is 10.1 Å². The SMILES string of the molecule is c1ccc(-c2cc(-c3nn4c(-c5cnccn5)nnc4s3)[nH]n2)cc1. The first-order chi connectivity index (χ1) is 12.4. The van der Waals surface area contributed by atoms with Gasteiger partial charge in [0, 0.05) is 18.0 Å². The van der Waals surface area contributed by atoms with E-state index in [2.05, 4.69) is 35.5 Å². The summed E-state index contributed by atoms with van der Waals surface area (Å²) in [6.45, 7) is 0. The summed E-state index contributed by atoms with van der Waals surface area (Å²) >= 11 is 1.43. The molecule has 0 bridgehead atoms. The summed E-state index contributed by atoms with van der Waals surface area (Å²) < 4.78 is 1.67. The highest BCUT2D eigenvalue weighted by Gasteiger charge is 2.16. The molecule has 1 aromatic carbocycles. The molecular weight excluding hydrogens is 336 g/mol. The van der Waals surface area contributed by atoms with Crippen LogP contribution in [0.25, 0.3) is 38.4 Å². The average Bonchev–Trinajstić information content (AvgIpc) is 3.38. The van der Waals surface area contributed by atoms with Crippen LogP contribution in [0.15, 0.2) is 55.0 Å². The van der Waals surface area contributed by atoms with Gasteiger partial charge in [0.25, 0.3) is 0 Å². The first-order valence-corrected chi connectivity index (χ1v) is 8.30. The number of H-pyrrole nitrogens is 1. The summed E-state index contributed by atoms with van der Waals surface area (Å²) in [5.74, 6) is 0.563. The van der Waals surface area contributed by atoms with Gasteiger partial charge in [-0.25, -0.2) is 4.98 Å². The average molecular weight is 346 g/mol. The fourth-order valence-corrected chi connectivity index (χ4v) is 3.29. The molecule has 0 fully saturated rings. The topological polar surface area (TPSA) is 97.5 Å². The number of benzene rings is 1. The molecule has 0 saturated heterocycles. The van der Waals surface area contributed by atoms with Crippen molar-refractivity contribution in [1.29, 1.82) is 0 Å². The molecule has 0 amide bonds. The van der Waals surface area contributed by atoms with Gasteiger partial charge in [-0.2, -0.15) is 14.7 Å². The van der Waals surface area contributed by atoms with Crippen molar-refractivity contribution >= 4 is 16.3 Å². The standard InChI is InChI=1S/C16H10N8S/c1-2-4-10(5-3-1)11-8-12(20-19-11)15-23-24-14(21-22-16(24)25-15)13-9-17-6-7-18-13/h1-9H,(H,19,20). The molecule has 0 aliphatic rings. The van der Waals surface area contributed by atoms with Gasteiger partial charge in [0.2, 0.25) is 10.8 Å². The Morgan fingerprint density at radius 2 is 1.92 bits per heavy atom. The third-order valence-electron chi connectivity index (χ3n) is 3.66. The molecule has 0 saturated carbocycles. The van der Waals surface area contributed by atoms with Crippen LogP contribution in [0.1, 0.15) is 0 Å². The maximum absolute atomic E-state index is 4.60. The number of aromatic amines is 1. The summed E-state index contributed by atoms with van der Waals surface area (Å²) in [7, 11) is 0. The minimum atomic E-state index is 0.563. The molecule has 120 valence electrons. The largest absolute Gasteiger partial charge is 0.275 e. The Labute approximate surface area is 145 Å². The van der Waals surface area contributed by atoms with Crippen LogP contribution in [0.3, 0.4) is 0 Å². The summed E-state index contributed by atoms with van der Waals surface area (Å²) in [6.07, 6.45) is 4.87. The Morgan fingerprint density at radius 3 is 2.76 bits per heavy atom. The zero-order valence-electron chi connectivity index (χ0n) is 12.7. The Kier molecular flexibility index (Phi) is 3.10. The molecule has 5 rings (SSSR count). The summed E-state index contributed by atoms with van der Waals surface area (Å²) in [6, 6.07) is 12.0. The number of aromatic nitrogens is 8. The molecule has 0 aliphatic heterocycles. The summed E-state index contributed by atoms with van der Waals surface area (Å²) in [5.41, 5.74) is 3.38. The van der Waals surface area contributed by atoms with Gasteiger partial charge in [-0.15, -0.1) is 10.2 Å². The van der Waals surface area contributed by atoms with E-state index in [9.17, 15) is 0 Å². The van der Waals surface area contributed by atoms with E-state index in [0.717, 1.165) is 22.0 Å². The van der Waals surface area contributed by atoms with Crippen LogP contribution in [-0.2, 0) is 0 Å². The smallest absolute Gasteiger partial charge is 0.235 e. The Hall–Kier alpha value is -3.46. The van der Waals surface area contributed by atoms with E-state index in [1.54, 1.807) is 23.1 Å². The first-order valence-electron chi connectivity index (χ1n) is 7.48. The van der Waals surface area contributed by atoms with Crippen LogP contribution in [0.4, 0.5) is 0 Å². The molecule has 4 heterocycles. The molecule has 0 aliphatic carbocycles. The van der Waals surface area contributed by atoms with Crippen LogP contribution in [0.2, 0.25) is 0 Å². The van der Waals surface area contributed by atoms with E-state index in [-0.39, 0.29) is 0 Å². The molecular formula is C16H10N8S. The van der Waals surface area contributed by atoms with E-state index in [1.165, 1.54) is 11.3 Å². The van der Waals surface area contributed by atoms with Crippen molar-refractivity contribution in [1.82, 2.24) is 40.0 Å². The van der Waals surface area contributed by atoms with Crippen LogP contribution < -0.4 is 0 Å². The first kappa shape index (κ1) is 13.9. The lowest BCUT2D eigenvalue weighted by Gasteiger charge is -1.93. The quantitative estimate of drug-likeness (QED) is 0.539. The molecule has 5 aromatic rings. The van der Waals surface area contributed by atoms with Crippen LogP contribution in [0, 0.1) is 0 Å². The Bertz CT molecular complexity index is 1140. The van der Waals surface area contributed by atoms with Gasteiger partial charge in [-0.1, -0.05) is 41.7 Å². The van der Waals surface area contributed by atoms with Gasteiger partial charge in [-0.05, 0) is 6.07 Å². The number of nitrogens with one attached hydrogen (secondary N) is 1. The van der Waals surface area contributed by atoms with Crippen molar-refractivity contribution in [2.75, 3.05) is 0 Å². The van der Waals surface area contributed by atoms with Crippen molar-refractivity contribution in [3.05, 3.63) is 55.0 Å². The summed E-state index contributed by atoms with van der Waals surface area (Å²) in [4.78, 5) is 9.01. The molecule has 1 N–H and O–H groups in total. The highest BCUT2D eigenvalue weighted by atomic mass is 32.1. The van der Waals surface area contributed by atoms with Crippen LogP contribution >= 0.6 is 11.3 Å². The fourth-order valence-electron chi connectivity index (χ4n) is 2.49. The highest BCUT2D eigenvalue weighted by molar-refractivity contribution is 7.19. The zero-order chi connectivity index (χ0) is 16.6. The number of nitrogens with zero attached hydrogens (tertiary/aromatic N) is 7. The molecule has 0 spiro atoms. The van der Waals surface area contributed by atoms with Gasteiger partial charge in [0.1, 0.15) is 5.69 Å². The van der Waals surface area contributed by atoms with Gasteiger partial charge < -0.3 is 0 Å². The van der Waals surface area contributed by atoms with Crippen LogP contribution in [0.5, 0.6) is 0 Å². The van der Waals surface area contributed by atoms with Gasteiger partial charge in [0.05, 0.1) is 17.6 Å². The van der Waals surface area contributed by atoms with Crippen molar-refractivity contribution in [3.8, 4) is 33.5 Å². The van der Waals surface area contributed by atoms with Crippen molar-refractivity contribution in [2.45, 2.75) is 0 Å². The maximum Gasteiger partial charge on any atom is 0.235 e. The van der Waals surface area contributed by atoms with E-state index < -0.39 is 0 Å². The van der Waals surface area contributed by atoms with E-state index >= 15 is 0 Å². The zero-order valence-corrected chi connectivity index (χ0v) is 13.6. The Balaban J connectivity index is 1.56.